The van der Waals surface area contributed by atoms with Gasteiger partial charge in [0.25, 0.3) is 0 Å². The lowest BCUT2D eigenvalue weighted by atomic mass is 9.92. The summed E-state index contributed by atoms with van der Waals surface area (Å²) in [6.45, 7) is 9.31. The van der Waals surface area contributed by atoms with Gasteiger partial charge in [0.2, 0.25) is 0 Å². The molecular formula is C26H34N4O. The van der Waals surface area contributed by atoms with E-state index in [4.69, 9.17) is 5.73 Å². The normalized spacial score (nSPS) is 15.8. The predicted octanol–water partition coefficient (Wildman–Crippen LogP) is 6.14. The van der Waals surface area contributed by atoms with Crippen LogP contribution < -0.4 is 10.6 Å². The molecule has 5 nitrogen and oxygen atoms in total. The smallest absolute Gasteiger partial charge is 0.319 e. The highest BCUT2D eigenvalue weighted by atomic mass is 16.2. The third-order valence-electron chi connectivity index (χ3n) is 6.84. The second-order valence-electron chi connectivity index (χ2n) is 9.59. The van der Waals surface area contributed by atoms with Crippen molar-refractivity contribution in [1.29, 1.82) is 0 Å². The topological polar surface area (TPSA) is 64.2 Å². The fraction of sp³-hybridized carbons (Fsp3) is 0.462. The molecule has 4 rings (SSSR count). The number of primary amides is 1. The van der Waals surface area contributed by atoms with Crippen molar-refractivity contribution in [3.63, 3.8) is 0 Å². The number of carbonyl (C=O) groups is 1. The van der Waals surface area contributed by atoms with E-state index in [1.165, 1.54) is 11.1 Å². The first-order valence-electron chi connectivity index (χ1n) is 11.5. The minimum absolute atomic E-state index is 0.198. The van der Waals surface area contributed by atoms with E-state index < -0.39 is 6.03 Å². The highest BCUT2D eigenvalue weighted by Gasteiger charge is 2.40. The number of hydrogen-bond acceptors (Lipinski definition) is 2. The number of nitrogens with zero attached hydrogens (tertiary/aromatic N) is 3. The second kappa shape index (κ2) is 8.37. The Hall–Kier alpha value is -2.82. The van der Waals surface area contributed by atoms with Crippen LogP contribution in [-0.2, 0) is 5.54 Å². The molecule has 0 spiro atoms. The van der Waals surface area contributed by atoms with Crippen LogP contribution in [-0.4, -0.2) is 22.1 Å². The molecule has 1 fully saturated rings. The van der Waals surface area contributed by atoms with Crippen molar-refractivity contribution in [3.05, 3.63) is 59.9 Å². The molecule has 2 amide bonds. The zero-order valence-electron chi connectivity index (χ0n) is 19.1. The van der Waals surface area contributed by atoms with E-state index in [0.29, 0.717) is 18.4 Å². The lowest BCUT2D eigenvalue weighted by molar-refractivity contribution is 0.245. The minimum atomic E-state index is -0.394. The van der Waals surface area contributed by atoms with Gasteiger partial charge in [0, 0.05) is 23.5 Å². The first kappa shape index (κ1) is 21.4. The van der Waals surface area contributed by atoms with Gasteiger partial charge < -0.3 is 10.3 Å². The molecule has 0 atom stereocenters. The number of amides is 2. The maximum absolute atomic E-state index is 12.8. The summed E-state index contributed by atoms with van der Waals surface area (Å²) in [6.07, 6.45) is 8.28. The number of pyridine rings is 1. The SMILES string of the molecule is CC(C)c1ccc(N(CC2(n3ccc4cccnc43)CCCC2)C(N)=O)c(C(C)C)c1. The van der Waals surface area contributed by atoms with E-state index in [9.17, 15) is 4.79 Å². The van der Waals surface area contributed by atoms with Gasteiger partial charge >= 0.3 is 6.03 Å². The third kappa shape index (κ3) is 3.93. The van der Waals surface area contributed by atoms with E-state index in [2.05, 4.69) is 73.8 Å². The Balaban J connectivity index is 1.79. The molecule has 0 unspecified atom stereocenters. The first-order chi connectivity index (χ1) is 14.8. The number of urea groups is 1. The van der Waals surface area contributed by atoms with Crippen LogP contribution in [0.5, 0.6) is 0 Å². The number of benzene rings is 1. The number of rotatable bonds is 6. The van der Waals surface area contributed by atoms with Crippen LogP contribution in [0.4, 0.5) is 10.5 Å². The van der Waals surface area contributed by atoms with Gasteiger partial charge in [-0.05, 0) is 60.1 Å². The molecule has 164 valence electrons. The number of fused-ring (bicyclic) bond motifs is 1. The minimum Gasteiger partial charge on any atom is -0.351 e. The fourth-order valence-electron chi connectivity index (χ4n) is 5.07. The number of hydrogen-bond donors (Lipinski definition) is 1. The third-order valence-corrected chi connectivity index (χ3v) is 6.84. The van der Waals surface area contributed by atoms with Crippen LogP contribution in [0.15, 0.2) is 48.8 Å². The quantitative estimate of drug-likeness (QED) is 0.523. The Morgan fingerprint density at radius 1 is 1.13 bits per heavy atom. The van der Waals surface area contributed by atoms with Crippen LogP contribution in [0.1, 0.15) is 76.3 Å². The Bertz CT molecular complexity index is 1080. The van der Waals surface area contributed by atoms with E-state index in [1.54, 1.807) is 4.90 Å². The van der Waals surface area contributed by atoms with Gasteiger partial charge in [0.1, 0.15) is 5.65 Å². The Labute approximate surface area is 185 Å². The highest BCUT2D eigenvalue weighted by molar-refractivity contribution is 5.92. The molecule has 1 aromatic carbocycles. The van der Waals surface area contributed by atoms with Crippen LogP contribution in [0, 0.1) is 0 Å². The number of nitrogens with two attached hydrogens (primary N) is 1. The standard InChI is InChI=1S/C26H34N4O/c1-18(2)21-9-10-23(22(16-21)19(3)4)29(25(27)31)17-26(12-5-6-13-26)30-15-11-20-8-7-14-28-24(20)30/h7-11,14-16,18-19H,5-6,12-13,17H2,1-4H3,(H2,27,31). The fourth-order valence-corrected chi connectivity index (χ4v) is 5.07. The van der Waals surface area contributed by atoms with Crippen LogP contribution in [0.25, 0.3) is 11.0 Å². The molecule has 2 heterocycles. The molecule has 0 saturated heterocycles. The summed E-state index contributed by atoms with van der Waals surface area (Å²) >= 11 is 0. The summed E-state index contributed by atoms with van der Waals surface area (Å²) in [4.78, 5) is 19.2. The second-order valence-corrected chi connectivity index (χ2v) is 9.59. The van der Waals surface area contributed by atoms with Gasteiger partial charge in [-0.25, -0.2) is 9.78 Å². The molecule has 0 aliphatic heterocycles. The van der Waals surface area contributed by atoms with E-state index in [-0.39, 0.29) is 5.54 Å². The van der Waals surface area contributed by atoms with Crippen LogP contribution in [0.3, 0.4) is 0 Å². The zero-order valence-corrected chi connectivity index (χ0v) is 19.1. The van der Waals surface area contributed by atoms with Crippen molar-refractivity contribution in [2.24, 2.45) is 5.73 Å². The predicted molar refractivity (Wildman–Crippen MR) is 128 cm³/mol. The van der Waals surface area contributed by atoms with Gasteiger partial charge in [-0.2, -0.15) is 0 Å². The van der Waals surface area contributed by atoms with Crippen molar-refractivity contribution >= 4 is 22.8 Å². The van der Waals surface area contributed by atoms with Crippen molar-refractivity contribution in [2.45, 2.75) is 70.8 Å². The van der Waals surface area contributed by atoms with Gasteiger partial charge in [-0.15, -0.1) is 0 Å². The maximum atomic E-state index is 12.8. The zero-order chi connectivity index (χ0) is 22.2. The molecule has 1 saturated carbocycles. The van der Waals surface area contributed by atoms with E-state index >= 15 is 0 Å². The molecular weight excluding hydrogens is 384 g/mol. The van der Waals surface area contributed by atoms with Gasteiger partial charge in [-0.1, -0.05) is 52.7 Å². The average molecular weight is 419 g/mol. The van der Waals surface area contributed by atoms with Crippen molar-refractivity contribution in [2.75, 3.05) is 11.4 Å². The maximum Gasteiger partial charge on any atom is 0.319 e. The van der Waals surface area contributed by atoms with Crippen LogP contribution in [0.2, 0.25) is 0 Å². The summed E-state index contributed by atoms with van der Waals surface area (Å²) in [6, 6.07) is 12.3. The first-order valence-corrected chi connectivity index (χ1v) is 11.5. The Kier molecular flexibility index (Phi) is 5.78. The molecule has 1 aliphatic carbocycles. The molecule has 5 heteroatoms. The number of aromatic nitrogens is 2. The molecule has 31 heavy (non-hydrogen) atoms. The highest BCUT2D eigenvalue weighted by Crippen LogP contribution is 2.41. The number of anilines is 1. The largest absolute Gasteiger partial charge is 0.351 e. The summed E-state index contributed by atoms with van der Waals surface area (Å²) in [5.74, 6) is 0.733. The number of carbonyl (C=O) groups excluding carboxylic acids is 1. The molecule has 2 N–H and O–H groups in total. The lowest BCUT2D eigenvalue weighted by Crippen LogP contribution is -2.48. The van der Waals surface area contributed by atoms with Gasteiger partial charge in [0.15, 0.2) is 0 Å². The molecule has 2 aromatic heterocycles. The summed E-state index contributed by atoms with van der Waals surface area (Å²) in [5.41, 5.74) is 10.2. The van der Waals surface area contributed by atoms with Gasteiger partial charge in [-0.3, -0.25) is 4.90 Å². The van der Waals surface area contributed by atoms with Crippen LogP contribution >= 0.6 is 0 Å². The molecule has 0 radical (unpaired) electrons. The van der Waals surface area contributed by atoms with Crippen molar-refractivity contribution in [1.82, 2.24) is 9.55 Å². The summed E-state index contributed by atoms with van der Waals surface area (Å²) in [5, 5.41) is 1.13. The Morgan fingerprint density at radius 2 is 1.87 bits per heavy atom. The van der Waals surface area contributed by atoms with E-state index in [0.717, 1.165) is 42.4 Å². The van der Waals surface area contributed by atoms with E-state index in [1.807, 2.05) is 12.3 Å². The van der Waals surface area contributed by atoms with Gasteiger partial charge in [0.05, 0.1) is 12.1 Å². The van der Waals surface area contributed by atoms with Crippen molar-refractivity contribution in [3.8, 4) is 0 Å². The average Bonchev–Trinajstić information content (AvgIpc) is 3.39. The Morgan fingerprint density at radius 3 is 2.52 bits per heavy atom. The molecule has 0 bridgehead atoms. The molecule has 3 aromatic rings. The summed E-state index contributed by atoms with van der Waals surface area (Å²) < 4.78 is 2.29. The summed E-state index contributed by atoms with van der Waals surface area (Å²) in [7, 11) is 0. The monoisotopic (exact) mass is 418 g/mol. The van der Waals surface area contributed by atoms with Crippen molar-refractivity contribution < 1.29 is 4.79 Å². The molecule has 1 aliphatic rings. The lowest BCUT2D eigenvalue weighted by Gasteiger charge is -2.37.